The van der Waals surface area contributed by atoms with Crippen LogP contribution in [-0.4, -0.2) is 26.2 Å². The summed E-state index contributed by atoms with van der Waals surface area (Å²) in [6.45, 7) is 10.9. The largest absolute Gasteiger partial charge is 0.373 e. The van der Waals surface area contributed by atoms with E-state index in [9.17, 15) is 0 Å². The second-order valence-corrected chi connectivity index (χ2v) is 5.24. The smallest absolute Gasteiger partial charge is 0.0364 e. The van der Waals surface area contributed by atoms with Gasteiger partial charge in [-0.2, -0.15) is 0 Å². The van der Waals surface area contributed by atoms with E-state index in [1.54, 1.807) is 0 Å². The molecular formula is C15H26N2. The first-order chi connectivity index (χ1) is 8.00. The number of hydrogen-bond acceptors (Lipinski definition) is 2. The Morgan fingerprint density at radius 1 is 1.12 bits per heavy atom. The molecule has 0 aliphatic carbocycles. The maximum absolute atomic E-state index is 3.55. The van der Waals surface area contributed by atoms with Gasteiger partial charge < -0.3 is 10.2 Å². The van der Waals surface area contributed by atoms with E-state index in [1.165, 1.54) is 11.3 Å². The number of hydrogen-bond donors (Lipinski definition) is 1. The lowest BCUT2D eigenvalue weighted by molar-refractivity contribution is 0.431. The van der Waals surface area contributed by atoms with Crippen LogP contribution in [-0.2, 0) is 0 Å². The molecule has 0 spiro atoms. The molecule has 0 aliphatic rings. The van der Waals surface area contributed by atoms with E-state index in [1.807, 2.05) is 0 Å². The average Bonchev–Trinajstić information content (AvgIpc) is 2.29. The molecular weight excluding hydrogens is 208 g/mol. The summed E-state index contributed by atoms with van der Waals surface area (Å²) < 4.78 is 0. The molecule has 1 aromatic rings. The van der Waals surface area contributed by atoms with Gasteiger partial charge >= 0.3 is 0 Å². The third-order valence-corrected chi connectivity index (χ3v) is 3.39. The molecule has 0 fully saturated rings. The molecule has 0 aliphatic heterocycles. The number of likely N-dealkylation sites (N-methyl/N-ethyl adjacent to an activating group) is 1. The average molecular weight is 234 g/mol. The summed E-state index contributed by atoms with van der Waals surface area (Å²) >= 11 is 0. The molecule has 0 saturated carbocycles. The van der Waals surface area contributed by atoms with Crippen molar-refractivity contribution in [2.24, 2.45) is 5.92 Å². The Hall–Kier alpha value is -1.02. The zero-order valence-corrected chi connectivity index (χ0v) is 11.8. The van der Waals surface area contributed by atoms with Gasteiger partial charge in [0.1, 0.15) is 0 Å². The molecule has 1 rings (SSSR count). The van der Waals surface area contributed by atoms with Crippen LogP contribution in [0, 0.1) is 12.8 Å². The van der Waals surface area contributed by atoms with Crippen LogP contribution in [0.4, 0.5) is 5.69 Å². The first-order valence-corrected chi connectivity index (χ1v) is 6.52. The summed E-state index contributed by atoms with van der Waals surface area (Å²) in [5.41, 5.74) is 2.60. The third kappa shape index (κ3) is 4.78. The van der Waals surface area contributed by atoms with Crippen molar-refractivity contribution in [3.8, 4) is 0 Å². The molecule has 1 N–H and O–H groups in total. The monoisotopic (exact) mass is 234 g/mol. The fourth-order valence-corrected chi connectivity index (χ4v) is 1.62. The van der Waals surface area contributed by atoms with Gasteiger partial charge in [-0.15, -0.1) is 0 Å². The quantitative estimate of drug-likeness (QED) is 0.814. The van der Waals surface area contributed by atoms with Crippen molar-refractivity contribution in [1.82, 2.24) is 5.32 Å². The molecule has 1 atom stereocenters. The molecule has 1 unspecified atom stereocenters. The molecule has 0 amide bonds. The van der Waals surface area contributed by atoms with Gasteiger partial charge in [0.25, 0.3) is 0 Å². The number of aryl methyl sites for hydroxylation is 1. The zero-order chi connectivity index (χ0) is 12.8. The molecule has 17 heavy (non-hydrogen) atoms. The lowest BCUT2D eigenvalue weighted by Crippen LogP contribution is -2.36. The Morgan fingerprint density at radius 2 is 1.71 bits per heavy atom. The van der Waals surface area contributed by atoms with Crippen molar-refractivity contribution in [1.29, 1.82) is 0 Å². The number of benzene rings is 1. The minimum Gasteiger partial charge on any atom is -0.373 e. The summed E-state index contributed by atoms with van der Waals surface area (Å²) in [5.74, 6) is 0.694. The molecule has 1 aromatic carbocycles. The molecule has 0 bridgehead atoms. The summed E-state index contributed by atoms with van der Waals surface area (Å²) in [7, 11) is 2.15. The van der Waals surface area contributed by atoms with E-state index < -0.39 is 0 Å². The summed E-state index contributed by atoms with van der Waals surface area (Å²) in [4.78, 5) is 2.29. The van der Waals surface area contributed by atoms with Crippen LogP contribution in [0.3, 0.4) is 0 Å². The normalized spacial score (nSPS) is 12.8. The van der Waals surface area contributed by atoms with Crippen LogP contribution in [0.1, 0.15) is 26.3 Å². The standard InChI is InChI=1S/C15H26N2/c1-12(2)14(4)16-10-11-17(5)15-8-6-13(3)7-9-15/h6-9,12,14,16H,10-11H2,1-5H3. The van der Waals surface area contributed by atoms with Crippen molar-refractivity contribution in [3.05, 3.63) is 29.8 Å². The molecule has 0 radical (unpaired) electrons. The molecule has 96 valence electrons. The van der Waals surface area contributed by atoms with Crippen LogP contribution in [0.5, 0.6) is 0 Å². The van der Waals surface area contributed by atoms with E-state index in [0.717, 1.165) is 13.1 Å². The van der Waals surface area contributed by atoms with Crippen LogP contribution in [0.15, 0.2) is 24.3 Å². The van der Waals surface area contributed by atoms with Crippen molar-refractivity contribution in [2.45, 2.75) is 33.7 Å². The van der Waals surface area contributed by atoms with Gasteiger partial charge in [0.05, 0.1) is 0 Å². The minimum atomic E-state index is 0.585. The van der Waals surface area contributed by atoms with Crippen molar-refractivity contribution in [2.75, 3.05) is 25.0 Å². The zero-order valence-electron chi connectivity index (χ0n) is 11.8. The maximum Gasteiger partial charge on any atom is 0.0364 e. The molecule has 2 nitrogen and oxygen atoms in total. The molecule has 0 aromatic heterocycles. The number of anilines is 1. The van der Waals surface area contributed by atoms with Crippen molar-refractivity contribution < 1.29 is 0 Å². The minimum absolute atomic E-state index is 0.585. The van der Waals surface area contributed by atoms with Gasteiger partial charge in [-0.05, 0) is 31.9 Å². The van der Waals surface area contributed by atoms with E-state index >= 15 is 0 Å². The maximum atomic E-state index is 3.55. The first-order valence-electron chi connectivity index (χ1n) is 6.52. The van der Waals surface area contributed by atoms with Gasteiger partial charge in [0.2, 0.25) is 0 Å². The Morgan fingerprint density at radius 3 is 2.24 bits per heavy atom. The first kappa shape index (κ1) is 14.0. The number of rotatable bonds is 6. The van der Waals surface area contributed by atoms with Gasteiger partial charge in [0.15, 0.2) is 0 Å². The number of nitrogens with one attached hydrogen (secondary N) is 1. The van der Waals surface area contributed by atoms with E-state index in [2.05, 4.69) is 69.2 Å². The van der Waals surface area contributed by atoms with E-state index in [0.29, 0.717) is 12.0 Å². The van der Waals surface area contributed by atoms with Crippen LogP contribution >= 0.6 is 0 Å². The Kier molecular flexibility index (Phi) is 5.49. The SMILES string of the molecule is Cc1ccc(N(C)CCNC(C)C(C)C)cc1. The van der Waals surface area contributed by atoms with Crippen LogP contribution in [0.25, 0.3) is 0 Å². The van der Waals surface area contributed by atoms with Crippen molar-refractivity contribution >= 4 is 5.69 Å². The number of nitrogens with zero attached hydrogens (tertiary/aromatic N) is 1. The summed E-state index contributed by atoms with van der Waals surface area (Å²) in [5, 5.41) is 3.55. The van der Waals surface area contributed by atoms with Gasteiger partial charge in [-0.1, -0.05) is 31.5 Å². The molecule has 0 heterocycles. The highest BCUT2D eigenvalue weighted by atomic mass is 15.1. The second-order valence-electron chi connectivity index (χ2n) is 5.24. The van der Waals surface area contributed by atoms with E-state index in [-0.39, 0.29) is 0 Å². The van der Waals surface area contributed by atoms with Gasteiger partial charge in [-0.3, -0.25) is 0 Å². The highest BCUT2D eigenvalue weighted by molar-refractivity contribution is 5.46. The lowest BCUT2D eigenvalue weighted by Gasteiger charge is -2.22. The highest BCUT2D eigenvalue weighted by Crippen LogP contribution is 2.12. The highest BCUT2D eigenvalue weighted by Gasteiger charge is 2.06. The van der Waals surface area contributed by atoms with Gasteiger partial charge in [0, 0.05) is 31.9 Å². The second kappa shape index (κ2) is 6.65. The third-order valence-electron chi connectivity index (χ3n) is 3.39. The van der Waals surface area contributed by atoms with Crippen molar-refractivity contribution in [3.63, 3.8) is 0 Å². The van der Waals surface area contributed by atoms with Crippen LogP contribution in [0.2, 0.25) is 0 Å². The summed E-state index contributed by atoms with van der Waals surface area (Å²) in [6.07, 6.45) is 0. The Labute approximate surface area is 106 Å². The summed E-state index contributed by atoms with van der Waals surface area (Å²) in [6, 6.07) is 9.27. The van der Waals surface area contributed by atoms with Crippen LogP contribution < -0.4 is 10.2 Å². The molecule has 2 heteroatoms. The Bertz CT molecular complexity index is 316. The fraction of sp³-hybridized carbons (Fsp3) is 0.600. The predicted octanol–water partition coefficient (Wildman–Crippen LogP) is 3.07. The van der Waals surface area contributed by atoms with Gasteiger partial charge in [-0.25, -0.2) is 0 Å². The molecule has 0 saturated heterocycles. The Balaban J connectivity index is 2.34. The lowest BCUT2D eigenvalue weighted by atomic mass is 10.1. The fourth-order valence-electron chi connectivity index (χ4n) is 1.62. The van der Waals surface area contributed by atoms with E-state index in [4.69, 9.17) is 0 Å². The predicted molar refractivity (Wildman–Crippen MR) is 76.8 cm³/mol. The topological polar surface area (TPSA) is 15.3 Å².